The van der Waals surface area contributed by atoms with Crippen molar-refractivity contribution in [3.63, 3.8) is 0 Å². The monoisotopic (exact) mass is 466 g/mol. The van der Waals surface area contributed by atoms with E-state index in [1.54, 1.807) is 0 Å². The second-order valence-corrected chi connectivity index (χ2v) is 16.0. The van der Waals surface area contributed by atoms with E-state index in [2.05, 4.69) is 11.9 Å². The fourth-order valence-corrected chi connectivity index (χ4v) is 10.8. The van der Waals surface area contributed by atoms with Gasteiger partial charge < -0.3 is 0 Å². The van der Waals surface area contributed by atoms with Crippen molar-refractivity contribution in [3.05, 3.63) is 0 Å². The van der Waals surface area contributed by atoms with E-state index in [-0.39, 0.29) is 5.60 Å². The van der Waals surface area contributed by atoms with Crippen molar-refractivity contribution >= 4 is 11.9 Å². The van der Waals surface area contributed by atoms with Crippen LogP contribution in [0.1, 0.15) is 46.5 Å². The Morgan fingerprint density at radius 2 is 1.93 bits per heavy atom. The van der Waals surface area contributed by atoms with E-state index in [1.807, 2.05) is 20.8 Å². The van der Waals surface area contributed by atoms with Crippen LogP contribution in [0.25, 0.3) is 0 Å². The molecular formula is C11H21BrHgO2. The molecule has 1 rings (SSSR count). The first-order chi connectivity index (χ1) is 7.03. The molecule has 1 aliphatic rings. The van der Waals surface area contributed by atoms with Gasteiger partial charge in [0.25, 0.3) is 0 Å². The van der Waals surface area contributed by atoms with Crippen LogP contribution in [0.3, 0.4) is 0 Å². The number of hydrogen-bond acceptors (Lipinski definition) is 2. The molecule has 1 fully saturated rings. The van der Waals surface area contributed by atoms with Crippen LogP contribution in [0, 0.1) is 5.92 Å². The fourth-order valence-electron chi connectivity index (χ4n) is 1.98. The molecule has 0 unspecified atom stereocenters. The summed E-state index contributed by atoms with van der Waals surface area (Å²) in [5, 5.41) is 0. The maximum absolute atomic E-state index is 5.63. The second-order valence-electron chi connectivity index (χ2n) is 5.35. The molecule has 0 bridgehead atoms. The Bertz CT molecular complexity index is 180. The van der Waals surface area contributed by atoms with Gasteiger partial charge in [0, 0.05) is 0 Å². The first kappa shape index (κ1) is 14.4. The summed E-state index contributed by atoms with van der Waals surface area (Å²) in [6.45, 7) is 6.11. The zero-order chi connectivity index (χ0) is 11.3. The molecule has 1 saturated carbocycles. The number of rotatable bonds is 4. The van der Waals surface area contributed by atoms with E-state index in [4.69, 9.17) is 9.78 Å². The summed E-state index contributed by atoms with van der Waals surface area (Å²) in [5.41, 5.74) is -0.180. The summed E-state index contributed by atoms with van der Waals surface area (Å²) in [7, 11) is 0. The van der Waals surface area contributed by atoms with Gasteiger partial charge in [-0.15, -0.1) is 0 Å². The van der Waals surface area contributed by atoms with Gasteiger partial charge in [-0.3, -0.25) is 0 Å². The van der Waals surface area contributed by atoms with Gasteiger partial charge in [-0.2, -0.15) is 0 Å². The molecule has 0 spiro atoms. The zero-order valence-electron chi connectivity index (χ0n) is 10.1. The maximum atomic E-state index is 5.63. The van der Waals surface area contributed by atoms with Crippen molar-refractivity contribution in [1.29, 1.82) is 0 Å². The minimum atomic E-state index is -0.697. The van der Waals surface area contributed by atoms with Crippen molar-refractivity contribution in [2.24, 2.45) is 5.92 Å². The first-order valence-electron chi connectivity index (χ1n) is 5.93. The van der Waals surface area contributed by atoms with Crippen LogP contribution in [0.15, 0.2) is 0 Å². The molecule has 15 heavy (non-hydrogen) atoms. The van der Waals surface area contributed by atoms with Gasteiger partial charge in [0.2, 0.25) is 0 Å². The molecule has 0 N–H and O–H groups in total. The summed E-state index contributed by atoms with van der Waals surface area (Å²) in [6.07, 6.45) is 5.55. The first-order valence-corrected chi connectivity index (χ1v) is 21.7. The summed E-state index contributed by atoms with van der Waals surface area (Å²) in [4.78, 5) is 11.1. The summed E-state index contributed by atoms with van der Waals surface area (Å²) < 4.78 is 1.41. The Balaban J connectivity index is 2.35. The fraction of sp³-hybridized carbons (Fsp3) is 1.00. The second kappa shape index (κ2) is 6.92. The molecule has 4 heteroatoms. The molecule has 0 aromatic rings. The molecule has 0 amide bonds. The average molecular weight is 466 g/mol. The van der Waals surface area contributed by atoms with E-state index in [0.717, 1.165) is 5.92 Å². The van der Waals surface area contributed by atoms with Crippen LogP contribution in [-0.4, -0.2) is 11.7 Å². The van der Waals surface area contributed by atoms with E-state index < -0.39 is 22.1 Å². The van der Waals surface area contributed by atoms with Gasteiger partial charge in [0.1, 0.15) is 0 Å². The molecule has 0 aromatic carbocycles. The molecule has 1 aliphatic carbocycles. The molecule has 0 aromatic heterocycles. The van der Waals surface area contributed by atoms with Crippen molar-refractivity contribution in [2.75, 3.05) is 0 Å². The van der Waals surface area contributed by atoms with Crippen LogP contribution in [0.5, 0.6) is 0 Å². The van der Waals surface area contributed by atoms with Crippen LogP contribution in [0.4, 0.5) is 0 Å². The van der Waals surface area contributed by atoms with Crippen molar-refractivity contribution in [2.45, 2.75) is 62.1 Å². The van der Waals surface area contributed by atoms with Gasteiger partial charge in [-0.05, 0) is 0 Å². The molecule has 0 saturated heterocycles. The number of halogens is 1. The summed E-state index contributed by atoms with van der Waals surface area (Å²) in [5.74, 6) is 0.766. The topological polar surface area (TPSA) is 18.5 Å². The van der Waals surface area contributed by atoms with Crippen molar-refractivity contribution in [3.8, 4) is 0 Å². The molecule has 2 atom stereocenters. The normalized spacial score (nSPS) is 27.5. The van der Waals surface area contributed by atoms with E-state index in [1.165, 1.54) is 29.6 Å². The van der Waals surface area contributed by atoms with Crippen molar-refractivity contribution < 1.29 is 31.9 Å². The molecule has 0 heterocycles. The van der Waals surface area contributed by atoms with Crippen LogP contribution >= 0.6 is 11.9 Å². The zero-order valence-corrected chi connectivity index (χ0v) is 17.2. The average Bonchev–Trinajstić information content (AvgIpc) is 2.16. The van der Waals surface area contributed by atoms with Gasteiger partial charge >= 0.3 is 112 Å². The van der Waals surface area contributed by atoms with Crippen LogP contribution in [-0.2, 0) is 31.9 Å². The Kier molecular flexibility index (Phi) is 6.64. The third-order valence-electron chi connectivity index (χ3n) is 2.74. The predicted molar refractivity (Wildman–Crippen MR) is 61.4 cm³/mol. The molecule has 0 radical (unpaired) electrons. The van der Waals surface area contributed by atoms with Crippen LogP contribution < -0.4 is 0 Å². The van der Waals surface area contributed by atoms with E-state index in [9.17, 15) is 0 Å². The third kappa shape index (κ3) is 5.99. The van der Waals surface area contributed by atoms with Gasteiger partial charge in [0.15, 0.2) is 0 Å². The summed E-state index contributed by atoms with van der Waals surface area (Å²) >= 11 is 3.03. The van der Waals surface area contributed by atoms with E-state index >= 15 is 0 Å². The van der Waals surface area contributed by atoms with Crippen LogP contribution in [0.2, 0.25) is 3.93 Å². The van der Waals surface area contributed by atoms with Gasteiger partial charge in [0.05, 0.1) is 0 Å². The minimum absolute atomic E-state index is 0.180. The molecule has 86 valence electrons. The Morgan fingerprint density at radius 1 is 1.27 bits per heavy atom. The van der Waals surface area contributed by atoms with Crippen molar-refractivity contribution in [1.82, 2.24) is 0 Å². The molecule has 2 nitrogen and oxygen atoms in total. The Morgan fingerprint density at radius 3 is 2.53 bits per heavy atom. The van der Waals surface area contributed by atoms with E-state index in [0.29, 0.717) is 6.10 Å². The molecular weight excluding hydrogens is 445 g/mol. The van der Waals surface area contributed by atoms with Gasteiger partial charge in [-0.25, -0.2) is 0 Å². The quantitative estimate of drug-likeness (QED) is 0.353. The molecule has 0 aliphatic heterocycles. The third-order valence-corrected chi connectivity index (χ3v) is 10.5. The Hall–Kier alpha value is 1.34. The number of hydrogen-bond donors (Lipinski definition) is 0. The van der Waals surface area contributed by atoms with Gasteiger partial charge in [-0.1, -0.05) is 0 Å². The summed E-state index contributed by atoms with van der Waals surface area (Å²) in [6, 6.07) is 0. The SMILES string of the molecule is CC(C)(C)OO[C@@H]1CCCC[C@@H]1[CH2][Hg][Br]. The predicted octanol–water partition coefficient (Wildman–Crippen LogP) is 4.10. The Labute approximate surface area is 111 Å². The standard InChI is InChI=1S/C11H21O2.BrH.Hg/c1-9-7-5-6-8-10(9)12-13-11(2,3)4;;/h9-10H,1,5-8H2,2-4H3;1H;/q;;+1/p-1/t9-,10+;;/m0../s1.